The fourth-order valence-corrected chi connectivity index (χ4v) is 3.98. The molecule has 12 nitrogen and oxygen atoms in total. The Morgan fingerprint density at radius 1 is 1.08 bits per heavy atom. The summed E-state index contributed by atoms with van der Waals surface area (Å²) in [5.41, 5.74) is 1.99. The second kappa shape index (κ2) is 11.5. The van der Waals surface area contributed by atoms with Crippen molar-refractivity contribution in [3.63, 3.8) is 0 Å². The van der Waals surface area contributed by atoms with E-state index in [0.717, 1.165) is 24.2 Å². The average molecular weight is 502 g/mol. The van der Waals surface area contributed by atoms with E-state index >= 15 is 0 Å². The number of benzene rings is 1. The first kappa shape index (κ1) is 24.3. The molecule has 12 heteroatoms. The number of hydrogen-bond donors (Lipinski definition) is 3. The van der Waals surface area contributed by atoms with Crippen LogP contribution in [-0.4, -0.2) is 60.7 Å². The van der Waals surface area contributed by atoms with Crippen LogP contribution >= 0.6 is 0 Å². The Balaban J connectivity index is 1.10. The SMILES string of the molecule is O=C(NCc1ccccn1)c1cn(C2CCN(c3ccc(NC(O)OCc4ccccc4)nn3)C2)nn1. The molecule has 4 aromatic rings. The maximum atomic E-state index is 12.4. The third-order valence-electron chi connectivity index (χ3n) is 5.93. The van der Waals surface area contributed by atoms with Crippen molar-refractivity contribution in [3.05, 3.63) is 90.0 Å². The summed E-state index contributed by atoms with van der Waals surface area (Å²) in [6, 6.07) is 18.8. The highest BCUT2D eigenvalue weighted by molar-refractivity contribution is 5.91. The standard InChI is InChI=1S/C25H27N9O3/c35-24(27-14-19-8-4-5-12-26-19)21-16-34(32-29-21)20-11-13-33(15-20)23-10-9-22(30-31-23)28-25(36)37-17-18-6-2-1-3-7-18/h1-10,12,16,20,25,36H,11,13-15,17H2,(H,27,35)(H,28,30). The van der Waals surface area contributed by atoms with Gasteiger partial charge in [-0.15, -0.1) is 15.3 Å². The van der Waals surface area contributed by atoms with Gasteiger partial charge in [0.1, 0.15) is 0 Å². The molecule has 190 valence electrons. The number of nitrogens with one attached hydrogen (secondary N) is 2. The van der Waals surface area contributed by atoms with E-state index in [-0.39, 0.29) is 24.2 Å². The van der Waals surface area contributed by atoms with Gasteiger partial charge in [0.15, 0.2) is 17.3 Å². The van der Waals surface area contributed by atoms with E-state index in [0.29, 0.717) is 24.7 Å². The van der Waals surface area contributed by atoms with E-state index in [9.17, 15) is 9.90 Å². The van der Waals surface area contributed by atoms with Gasteiger partial charge in [-0.05, 0) is 36.2 Å². The smallest absolute Gasteiger partial charge is 0.273 e. The summed E-state index contributed by atoms with van der Waals surface area (Å²) in [5, 5.41) is 32.3. The van der Waals surface area contributed by atoms with Crippen molar-refractivity contribution in [2.24, 2.45) is 0 Å². The van der Waals surface area contributed by atoms with E-state index in [2.05, 4.69) is 41.0 Å². The number of pyridine rings is 1. The lowest BCUT2D eigenvalue weighted by atomic mass is 10.2. The number of rotatable bonds is 10. The topological polar surface area (TPSA) is 143 Å². The molecule has 37 heavy (non-hydrogen) atoms. The Labute approximate surface area is 213 Å². The van der Waals surface area contributed by atoms with Crippen LogP contribution in [0.25, 0.3) is 0 Å². The van der Waals surface area contributed by atoms with Crippen LogP contribution in [0.4, 0.5) is 11.6 Å². The number of aromatic nitrogens is 6. The Kier molecular flexibility index (Phi) is 7.58. The molecule has 3 aromatic heterocycles. The van der Waals surface area contributed by atoms with Crippen molar-refractivity contribution in [2.45, 2.75) is 32.0 Å². The van der Waals surface area contributed by atoms with Gasteiger partial charge < -0.3 is 25.4 Å². The van der Waals surface area contributed by atoms with Gasteiger partial charge in [0.05, 0.1) is 31.1 Å². The number of amides is 1. The molecule has 1 fully saturated rings. The van der Waals surface area contributed by atoms with Gasteiger partial charge in [-0.25, -0.2) is 4.68 Å². The predicted octanol–water partition coefficient (Wildman–Crippen LogP) is 1.75. The Bertz CT molecular complexity index is 1290. The minimum absolute atomic E-state index is 0.0534. The minimum atomic E-state index is -1.21. The molecule has 2 unspecified atom stereocenters. The van der Waals surface area contributed by atoms with Crippen molar-refractivity contribution >= 4 is 17.5 Å². The van der Waals surface area contributed by atoms with Crippen LogP contribution in [0, 0.1) is 0 Å². The first-order valence-corrected chi connectivity index (χ1v) is 11.9. The Morgan fingerprint density at radius 3 is 2.73 bits per heavy atom. The van der Waals surface area contributed by atoms with Gasteiger partial charge in [0.2, 0.25) is 6.41 Å². The van der Waals surface area contributed by atoms with Crippen LogP contribution in [0.2, 0.25) is 0 Å². The quantitative estimate of drug-likeness (QED) is 0.275. The zero-order valence-electron chi connectivity index (χ0n) is 20.0. The molecule has 1 amide bonds. The first-order valence-electron chi connectivity index (χ1n) is 11.9. The maximum absolute atomic E-state index is 12.4. The number of anilines is 2. The lowest BCUT2D eigenvalue weighted by molar-refractivity contribution is -0.0874. The van der Waals surface area contributed by atoms with Gasteiger partial charge >= 0.3 is 0 Å². The van der Waals surface area contributed by atoms with Crippen LogP contribution in [0.3, 0.4) is 0 Å². The molecule has 0 bridgehead atoms. The molecule has 1 aromatic carbocycles. The van der Waals surface area contributed by atoms with E-state index in [1.54, 1.807) is 23.1 Å². The van der Waals surface area contributed by atoms with Gasteiger partial charge in [-0.2, -0.15) is 0 Å². The third kappa shape index (κ3) is 6.42. The normalized spacial score (nSPS) is 15.9. The fraction of sp³-hybridized carbons (Fsp3) is 0.280. The van der Waals surface area contributed by atoms with E-state index in [1.807, 2.05) is 54.6 Å². The third-order valence-corrected chi connectivity index (χ3v) is 5.93. The Hall–Kier alpha value is -4.42. The van der Waals surface area contributed by atoms with E-state index < -0.39 is 6.41 Å². The maximum Gasteiger partial charge on any atom is 0.273 e. The predicted molar refractivity (Wildman–Crippen MR) is 134 cm³/mol. The summed E-state index contributed by atoms with van der Waals surface area (Å²) < 4.78 is 7.12. The zero-order chi connectivity index (χ0) is 25.5. The molecule has 0 radical (unpaired) electrons. The summed E-state index contributed by atoms with van der Waals surface area (Å²) in [6.45, 7) is 2.01. The lowest BCUT2D eigenvalue weighted by Crippen LogP contribution is -2.25. The summed E-state index contributed by atoms with van der Waals surface area (Å²) in [4.78, 5) is 18.7. The minimum Gasteiger partial charge on any atom is -0.353 e. The largest absolute Gasteiger partial charge is 0.353 e. The summed E-state index contributed by atoms with van der Waals surface area (Å²) in [6.07, 6.45) is 2.96. The second-order valence-corrected chi connectivity index (χ2v) is 8.55. The van der Waals surface area contributed by atoms with Gasteiger partial charge in [-0.1, -0.05) is 41.6 Å². The van der Waals surface area contributed by atoms with Crippen LogP contribution in [0.15, 0.2) is 73.1 Å². The monoisotopic (exact) mass is 501 g/mol. The molecule has 5 rings (SSSR count). The first-order chi connectivity index (χ1) is 18.1. The highest BCUT2D eigenvalue weighted by Crippen LogP contribution is 2.25. The number of hydrogen-bond acceptors (Lipinski definition) is 10. The molecule has 4 heterocycles. The van der Waals surface area contributed by atoms with Crippen molar-refractivity contribution in [2.75, 3.05) is 23.3 Å². The van der Waals surface area contributed by atoms with Crippen molar-refractivity contribution in [3.8, 4) is 0 Å². The van der Waals surface area contributed by atoms with Crippen LogP contribution < -0.4 is 15.5 Å². The van der Waals surface area contributed by atoms with Crippen molar-refractivity contribution in [1.82, 2.24) is 35.5 Å². The summed E-state index contributed by atoms with van der Waals surface area (Å²) in [7, 11) is 0. The molecule has 2 atom stereocenters. The van der Waals surface area contributed by atoms with Gasteiger partial charge in [-0.3, -0.25) is 9.78 Å². The molecule has 1 aliphatic heterocycles. The van der Waals surface area contributed by atoms with Gasteiger partial charge in [0.25, 0.3) is 5.91 Å². The molecular formula is C25H27N9O3. The zero-order valence-corrected chi connectivity index (χ0v) is 20.0. The highest BCUT2D eigenvalue weighted by Gasteiger charge is 2.27. The summed E-state index contributed by atoms with van der Waals surface area (Å²) >= 11 is 0. The molecule has 0 spiro atoms. The van der Waals surface area contributed by atoms with E-state index in [4.69, 9.17) is 4.74 Å². The molecular weight excluding hydrogens is 474 g/mol. The number of ether oxygens (including phenoxy) is 1. The van der Waals surface area contributed by atoms with Crippen LogP contribution in [-0.2, 0) is 17.9 Å². The number of aliphatic hydroxyl groups is 1. The number of carbonyl (C=O) groups excluding carboxylic acids is 1. The number of nitrogens with zero attached hydrogens (tertiary/aromatic N) is 7. The molecule has 1 saturated heterocycles. The van der Waals surface area contributed by atoms with E-state index in [1.165, 1.54) is 0 Å². The molecule has 0 saturated carbocycles. The van der Waals surface area contributed by atoms with Crippen molar-refractivity contribution < 1.29 is 14.6 Å². The lowest BCUT2D eigenvalue weighted by Gasteiger charge is -2.18. The van der Waals surface area contributed by atoms with Gasteiger partial charge in [0, 0.05) is 19.3 Å². The molecule has 0 aliphatic carbocycles. The molecule has 3 N–H and O–H groups in total. The summed E-state index contributed by atoms with van der Waals surface area (Å²) in [5.74, 6) is 0.814. The molecule has 1 aliphatic rings. The number of aliphatic hydroxyl groups excluding tert-OH is 1. The van der Waals surface area contributed by atoms with Crippen LogP contribution in [0.1, 0.15) is 34.2 Å². The Morgan fingerprint density at radius 2 is 1.95 bits per heavy atom. The number of carbonyl (C=O) groups is 1. The van der Waals surface area contributed by atoms with Crippen LogP contribution in [0.5, 0.6) is 0 Å². The highest BCUT2D eigenvalue weighted by atomic mass is 16.6. The van der Waals surface area contributed by atoms with Crippen molar-refractivity contribution in [1.29, 1.82) is 0 Å². The second-order valence-electron chi connectivity index (χ2n) is 8.55. The average Bonchev–Trinajstić information content (AvgIpc) is 3.63. The fourth-order valence-electron chi connectivity index (χ4n) is 3.98.